The molecule has 1 aliphatic heterocycles. The molecule has 0 N–H and O–H groups in total. The Balaban J connectivity index is 1.99. The predicted octanol–water partition coefficient (Wildman–Crippen LogP) is 2.43. The monoisotopic (exact) mass is 171 g/mol. The second-order valence-electron chi connectivity index (χ2n) is 3.99. The van der Waals surface area contributed by atoms with Crippen LogP contribution < -0.4 is 0 Å². The zero-order valence-corrected chi connectivity index (χ0v) is 8.28. The summed E-state index contributed by atoms with van der Waals surface area (Å²) in [5, 5.41) is 0. The van der Waals surface area contributed by atoms with Crippen LogP contribution in [0.3, 0.4) is 0 Å². The lowest BCUT2D eigenvalue weighted by Gasteiger charge is -2.41. The van der Waals surface area contributed by atoms with Gasteiger partial charge >= 0.3 is 0 Å². The Morgan fingerprint density at radius 1 is 1.00 bits per heavy atom. The number of fused-ring (bicyclic) bond motifs is 1. The highest BCUT2D eigenvalue weighted by Crippen LogP contribution is 2.36. The number of hydrogen-bond acceptors (Lipinski definition) is 1. The summed E-state index contributed by atoms with van der Waals surface area (Å²) in [4.78, 5) is 0. The molecule has 1 unspecified atom stereocenters. The lowest BCUT2D eigenvalue weighted by atomic mass is 9.79. The maximum atomic E-state index is 2.91. The van der Waals surface area contributed by atoms with E-state index in [2.05, 4.69) is 14.1 Å². The Hall–Kier alpha value is 0.390. The van der Waals surface area contributed by atoms with Gasteiger partial charge in [0.1, 0.15) is 0 Å². The number of rotatable bonds is 0. The molecule has 1 aliphatic carbocycles. The highest BCUT2D eigenvalue weighted by atomic mass is 31.0. The summed E-state index contributed by atoms with van der Waals surface area (Å²) in [5.41, 5.74) is 0. The fourth-order valence-electron chi connectivity index (χ4n) is 2.66. The van der Waals surface area contributed by atoms with Crippen LogP contribution >= 0.6 is 9.39 Å². The fraction of sp³-hybridized carbons (Fsp3) is 1.00. The third-order valence-corrected chi connectivity index (χ3v) is 3.93. The van der Waals surface area contributed by atoms with Gasteiger partial charge in [-0.15, -0.1) is 0 Å². The minimum Gasteiger partial charge on any atom is -0.284 e. The molecule has 2 aliphatic rings. The van der Waals surface area contributed by atoms with Crippen LogP contribution in [0.5, 0.6) is 0 Å². The van der Waals surface area contributed by atoms with E-state index >= 15 is 0 Å². The normalized spacial score (nSPS) is 40.1. The molecule has 1 saturated heterocycles. The molecule has 2 heteroatoms. The van der Waals surface area contributed by atoms with Crippen molar-refractivity contribution in [2.75, 3.05) is 6.54 Å². The van der Waals surface area contributed by atoms with Gasteiger partial charge in [0.25, 0.3) is 0 Å². The maximum Gasteiger partial charge on any atom is 0.0157 e. The Bertz CT molecular complexity index is 136. The van der Waals surface area contributed by atoms with Gasteiger partial charge in [-0.3, -0.25) is 4.67 Å². The van der Waals surface area contributed by atoms with Crippen molar-refractivity contribution in [3.05, 3.63) is 0 Å². The average Bonchev–Trinajstić information content (AvgIpc) is 2.06. The summed E-state index contributed by atoms with van der Waals surface area (Å²) in [6, 6.07) is 0.919. The van der Waals surface area contributed by atoms with E-state index in [1.165, 1.54) is 45.1 Å². The topological polar surface area (TPSA) is 3.24 Å². The summed E-state index contributed by atoms with van der Waals surface area (Å²) in [6.45, 7) is 1.31. The van der Waals surface area contributed by atoms with E-state index in [1.54, 1.807) is 0 Å². The van der Waals surface area contributed by atoms with Gasteiger partial charge in [0.15, 0.2) is 0 Å². The molecule has 0 spiro atoms. The van der Waals surface area contributed by atoms with Crippen molar-refractivity contribution in [3.63, 3.8) is 0 Å². The predicted molar refractivity (Wildman–Crippen MR) is 51.4 cm³/mol. The van der Waals surface area contributed by atoms with Crippen LogP contribution in [-0.4, -0.2) is 17.3 Å². The molecule has 0 aromatic rings. The SMILES string of the molecule is PN1CCC[C@H]2CCCC[C@@H]21. The first-order chi connectivity index (χ1) is 5.38. The maximum absolute atomic E-state index is 2.91. The smallest absolute Gasteiger partial charge is 0.0157 e. The standard InChI is InChI=1S/C9H18NP/c11-10-7-3-5-8-4-1-2-6-9(8)10/h8-9H,1-7,11H2/t8-,9+/m1/s1. The minimum atomic E-state index is 0.919. The van der Waals surface area contributed by atoms with E-state index in [-0.39, 0.29) is 0 Å². The van der Waals surface area contributed by atoms with Crippen LogP contribution in [0, 0.1) is 5.92 Å². The third kappa shape index (κ3) is 1.60. The molecular formula is C9H18NP. The van der Waals surface area contributed by atoms with Gasteiger partial charge in [0.05, 0.1) is 0 Å². The molecule has 0 bridgehead atoms. The summed E-state index contributed by atoms with van der Waals surface area (Å²) in [5.74, 6) is 1.04. The molecule has 0 radical (unpaired) electrons. The molecule has 0 aromatic carbocycles. The van der Waals surface area contributed by atoms with E-state index < -0.39 is 0 Å². The molecule has 3 atom stereocenters. The Labute approximate surface area is 71.8 Å². The van der Waals surface area contributed by atoms with Gasteiger partial charge < -0.3 is 0 Å². The van der Waals surface area contributed by atoms with E-state index in [1.807, 2.05) is 0 Å². The molecule has 0 amide bonds. The summed E-state index contributed by atoms with van der Waals surface area (Å²) < 4.78 is 2.51. The largest absolute Gasteiger partial charge is 0.284 e. The first-order valence-corrected chi connectivity index (χ1v) is 5.41. The molecule has 0 aromatic heterocycles. The van der Waals surface area contributed by atoms with Gasteiger partial charge in [0, 0.05) is 12.6 Å². The van der Waals surface area contributed by atoms with E-state index in [9.17, 15) is 0 Å². The Morgan fingerprint density at radius 2 is 1.73 bits per heavy atom. The fourth-order valence-corrected chi connectivity index (χ4v) is 3.24. The molecule has 1 heterocycles. The highest BCUT2D eigenvalue weighted by molar-refractivity contribution is 7.13. The molecule has 64 valence electrons. The second-order valence-corrected chi connectivity index (χ2v) is 4.66. The summed E-state index contributed by atoms with van der Waals surface area (Å²) >= 11 is 0. The van der Waals surface area contributed by atoms with Crippen LogP contribution in [0.1, 0.15) is 38.5 Å². The van der Waals surface area contributed by atoms with Gasteiger partial charge in [-0.05, 0) is 31.6 Å². The first kappa shape index (κ1) is 8.01. The van der Waals surface area contributed by atoms with E-state index in [0.29, 0.717) is 0 Å². The van der Waals surface area contributed by atoms with E-state index in [0.717, 1.165) is 12.0 Å². The van der Waals surface area contributed by atoms with Crippen molar-refractivity contribution < 1.29 is 0 Å². The van der Waals surface area contributed by atoms with Crippen molar-refractivity contribution >= 4 is 9.39 Å². The number of hydrogen-bond donors (Lipinski definition) is 0. The summed E-state index contributed by atoms with van der Waals surface area (Å²) in [6.07, 6.45) is 8.82. The minimum absolute atomic E-state index is 0.919. The number of piperidine rings is 1. The molecule has 1 saturated carbocycles. The van der Waals surface area contributed by atoms with Crippen molar-refractivity contribution in [1.29, 1.82) is 0 Å². The zero-order chi connectivity index (χ0) is 7.68. The lowest BCUT2D eigenvalue weighted by Crippen LogP contribution is -2.40. The number of nitrogens with zero attached hydrogens (tertiary/aromatic N) is 1. The molecule has 2 rings (SSSR count). The molecule has 11 heavy (non-hydrogen) atoms. The van der Waals surface area contributed by atoms with Crippen molar-refractivity contribution in [1.82, 2.24) is 4.67 Å². The Kier molecular flexibility index (Phi) is 2.48. The second kappa shape index (κ2) is 3.41. The molecule has 1 nitrogen and oxygen atoms in total. The van der Waals surface area contributed by atoms with Crippen molar-refractivity contribution in [2.45, 2.75) is 44.6 Å². The average molecular weight is 171 g/mol. The van der Waals surface area contributed by atoms with Crippen LogP contribution in [0.15, 0.2) is 0 Å². The zero-order valence-electron chi connectivity index (χ0n) is 7.13. The van der Waals surface area contributed by atoms with E-state index in [4.69, 9.17) is 0 Å². The molecular weight excluding hydrogens is 153 g/mol. The van der Waals surface area contributed by atoms with Crippen LogP contribution in [0.4, 0.5) is 0 Å². The van der Waals surface area contributed by atoms with Gasteiger partial charge in [-0.2, -0.15) is 0 Å². The first-order valence-electron chi connectivity index (χ1n) is 4.89. The van der Waals surface area contributed by atoms with Crippen LogP contribution in [-0.2, 0) is 0 Å². The molecule has 2 fully saturated rings. The Morgan fingerprint density at radius 3 is 2.55 bits per heavy atom. The highest BCUT2D eigenvalue weighted by Gasteiger charge is 2.30. The lowest BCUT2D eigenvalue weighted by molar-refractivity contribution is 0.138. The van der Waals surface area contributed by atoms with Crippen LogP contribution in [0.2, 0.25) is 0 Å². The summed E-state index contributed by atoms with van der Waals surface area (Å²) in [7, 11) is 2.91. The third-order valence-electron chi connectivity index (χ3n) is 3.29. The van der Waals surface area contributed by atoms with Gasteiger partial charge in [0.2, 0.25) is 0 Å². The van der Waals surface area contributed by atoms with Gasteiger partial charge in [-0.1, -0.05) is 22.2 Å². The van der Waals surface area contributed by atoms with Crippen LogP contribution in [0.25, 0.3) is 0 Å². The van der Waals surface area contributed by atoms with Crippen molar-refractivity contribution in [2.24, 2.45) is 5.92 Å². The quantitative estimate of drug-likeness (QED) is 0.506. The van der Waals surface area contributed by atoms with Crippen molar-refractivity contribution in [3.8, 4) is 0 Å². The van der Waals surface area contributed by atoms with Gasteiger partial charge in [-0.25, -0.2) is 0 Å².